The van der Waals surface area contributed by atoms with E-state index in [9.17, 15) is 5.11 Å². The maximum Gasteiger partial charge on any atom is 0.191 e. The highest BCUT2D eigenvalue weighted by molar-refractivity contribution is 14.0. The number of guanidine groups is 1. The molecule has 0 spiro atoms. The van der Waals surface area contributed by atoms with Crippen LogP contribution in [0.2, 0.25) is 0 Å². The summed E-state index contributed by atoms with van der Waals surface area (Å²) in [5, 5.41) is 17.4. The van der Waals surface area contributed by atoms with Crippen molar-refractivity contribution in [2.24, 2.45) is 4.99 Å². The molecule has 148 valence electrons. The van der Waals surface area contributed by atoms with Crippen molar-refractivity contribution < 1.29 is 5.11 Å². The Bertz CT molecular complexity index is 387. The van der Waals surface area contributed by atoms with Gasteiger partial charge in [-0.3, -0.25) is 4.99 Å². The second-order valence-electron chi connectivity index (χ2n) is 7.52. The average molecular weight is 466 g/mol. The summed E-state index contributed by atoms with van der Waals surface area (Å²) >= 11 is 0. The third-order valence-corrected chi connectivity index (χ3v) is 5.90. The average Bonchev–Trinajstić information content (AvgIpc) is 3.15. The lowest BCUT2D eigenvalue weighted by Gasteiger charge is -2.36. The Hall–Kier alpha value is -0.0800. The van der Waals surface area contributed by atoms with Crippen LogP contribution in [-0.4, -0.2) is 59.8 Å². The van der Waals surface area contributed by atoms with E-state index in [0.717, 1.165) is 31.4 Å². The van der Waals surface area contributed by atoms with Gasteiger partial charge in [0, 0.05) is 31.7 Å². The van der Waals surface area contributed by atoms with Crippen molar-refractivity contribution in [3.63, 3.8) is 0 Å². The molecule has 2 fully saturated rings. The second-order valence-corrected chi connectivity index (χ2v) is 7.52. The van der Waals surface area contributed by atoms with Crippen molar-refractivity contribution in [2.45, 2.75) is 89.8 Å². The van der Waals surface area contributed by atoms with Crippen molar-refractivity contribution in [1.29, 1.82) is 0 Å². The highest BCUT2D eigenvalue weighted by Crippen LogP contribution is 2.26. The topological polar surface area (TPSA) is 59.9 Å². The van der Waals surface area contributed by atoms with Crippen LogP contribution in [0.25, 0.3) is 0 Å². The van der Waals surface area contributed by atoms with Gasteiger partial charge < -0.3 is 20.6 Å². The molecule has 0 atom stereocenters. The van der Waals surface area contributed by atoms with E-state index in [4.69, 9.17) is 0 Å². The first-order chi connectivity index (χ1) is 11.6. The fourth-order valence-corrected chi connectivity index (χ4v) is 3.89. The lowest BCUT2D eigenvalue weighted by Crippen LogP contribution is -2.50. The van der Waals surface area contributed by atoms with E-state index >= 15 is 0 Å². The number of halogens is 1. The predicted octanol–water partition coefficient (Wildman–Crippen LogP) is 3.12. The van der Waals surface area contributed by atoms with Crippen molar-refractivity contribution in [3.8, 4) is 0 Å². The van der Waals surface area contributed by atoms with Crippen molar-refractivity contribution in [3.05, 3.63) is 0 Å². The number of piperidine rings is 1. The lowest BCUT2D eigenvalue weighted by molar-refractivity contribution is 0.0417. The van der Waals surface area contributed by atoms with Gasteiger partial charge >= 0.3 is 0 Å². The van der Waals surface area contributed by atoms with E-state index in [1.807, 2.05) is 13.8 Å². The summed E-state index contributed by atoms with van der Waals surface area (Å²) in [6, 6.07) is 1.34. The van der Waals surface area contributed by atoms with E-state index in [1.165, 1.54) is 51.6 Å². The molecule has 5 nitrogen and oxygen atoms in total. The number of hydrogen-bond acceptors (Lipinski definition) is 3. The Labute approximate surface area is 171 Å². The van der Waals surface area contributed by atoms with E-state index < -0.39 is 5.60 Å². The van der Waals surface area contributed by atoms with Crippen molar-refractivity contribution in [1.82, 2.24) is 15.5 Å². The van der Waals surface area contributed by atoms with Crippen LogP contribution in [0.4, 0.5) is 0 Å². The second kappa shape index (κ2) is 11.6. The summed E-state index contributed by atoms with van der Waals surface area (Å²) in [5.41, 5.74) is -0.672. The smallest absolute Gasteiger partial charge is 0.191 e. The van der Waals surface area contributed by atoms with Gasteiger partial charge in [-0.25, -0.2) is 0 Å². The van der Waals surface area contributed by atoms with Crippen LogP contribution in [0, 0.1) is 0 Å². The summed E-state index contributed by atoms with van der Waals surface area (Å²) < 4.78 is 0. The monoisotopic (exact) mass is 466 g/mol. The molecule has 0 aromatic rings. The maximum absolute atomic E-state index is 10.4. The Morgan fingerprint density at radius 3 is 2.20 bits per heavy atom. The van der Waals surface area contributed by atoms with Crippen LogP contribution in [0.15, 0.2) is 4.99 Å². The minimum atomic E-state index is -0.672. The molecule has 6 heteroatoms. The van der Waals surface area contributed by atoms with E-state index in [1.54, 1.807) is 0 Å². The molecule has 3 N–H and O–H groups in total. The Morgan fingerprint density at radius 1 is 1.08 bits per heavy atom. The molecule has 2 rings (SSSR count). The van der Waals surface area contributed by atoms with Crippen LogP contribution in [0.1, 0.15) is 72.1 Å². The normalized spacial score (nSPS) is 21.2. The van der Waals surface area contributed by atoms with Crippen LogP contribution >= 0.6 is 24.0 Å². The van der Waals surface area contributed by atoms with Gasteiger partial charge in [-0.2, -0.15) is 0 Å². The van der Waals surface area contributed by atoms with Gasteiger partial charge in [0.1, 0.15) is 0 Å². The van der Waals surface area contributed by atoms with Gasteiger partial charge in [-0.1, -0.05) is 26.7 Å². The number of nitrogens with zero attached hydrogens (tertiary/aromatic N) is 2. The molecule has 0 radical (unpaired) electrons. The van der Waals surface area contributed by atoms with Crippen LogP contribution < -0.4 is 10.6 Å². The number of likely N-dealkylation sites (tertiary alicyclic amines) is 1. The molecule has 2 aliphatic rings. The van der Waals surface area contributed by atoms with Gasteiger partial charge in [-0.05, 0) is 45.4 Å². The number of aliphatic hydroxyl groups is 1. The van der Waals surface area contributed by atoms with Crippen LogP contribution in [0.5, 0.6) is 0 Å². The Kier molecular flexibility index (Phi) is 10.6. The van der Waals surface area contributed by atoms with E-state index in [2.05, 4.69) is 27.4 Å². The minimum absolute atomic E-state index is 0. The van der Waals surface area contributed by atoms with Crippen molar-refractivity contribution >= 4 is 29.9 Å². The molecular weight excluding hydrogens is 427 g/mol. The molecule has 0 aromatic heterocycles. The zero-order chi connectivity index (χ0) is 17.4. The molecule has 1 aliphatic heterocycles. The molecule has 1 saturated carbocycles. The van der Waals surface area contributed by atoms with E-state index in [0.29, 0.717) is 12.6 Å². The fourth-order valence-electron chi connectivity index (χ4n) is 3.89. The number of hydrogen-bond donors (Lipinski definition) is 3. The third-order valence-electron chi connectivity index (χ3n) is 5.90. The summed E-state index contributed by atoms with van der Waals surface area (Å²) in [6.07, 6.45) is 9.48. The third kappa shape index (κ3) is 7.21. The standard InChI is InChI=1S/C19H38N4O.HI/c1-4-19(24,5-2)15-21-18(20-6-3)22-16-11-13-23(14-12-16)17-9-7-8-10-17;/h16-17,24H,4-15H2,1-3H3,(H2,20,21,22);1H. The first-order valence-electron chi connectivity index (χ1n) is 10.1. The number of nitrogens with one attached hydrogen (secondary N) is 2. The summed E-state index contributed by atoms with van der Waals surface area (Å²) in [7, 11) is 0. The minimum Gasteiger partial charge on any atom is -0.388 e. The molecule has 1 heterocycles. The zero-order valence-electron chi connectivity index (χ0n) is 16.4. The predicted molar refractivity (Wildman–Crippen MR) is 117 cm³/mol. The summed E-state index contributed by atoms with van der Waals surface area (Å²) in [5.74, 6) is 0.858. The first-order valence-corrected chi connectivity index (χ1v) is 10.1. The molecule has 0 bridgehead atoms. The van der Waals surface area contributed by atoms with Gasteiger partial charge in [0.05, 0.1) is 12.1 Å². The fraction of sp³-hybridized carbons (Fsp3) is 0.947. The van der Waals surface area contributed by atoms with Gasteiger partial charge in [0.2, 0.25) is 0 Å². The number of rotatable bonds is 7. The van der Waals surface area contributed by atoms with Crippen molar-refractivity contribution in [2.75, 3.05) is 26.2 Å². The van der Waals surface area contributed by atoms with E-state index in [-0.39, 0.29) is 24.0 Å². The Morgan fingerprint density at radius 2 is 1.68 bits per heavy atom. The summed E-state index contributed by atoms with van der Waals surface area (Å²) in [4.78, 5) is 7.35. The van der Waals surface area contributed by atoms with Crippen LogP contribution in [0.3, 0.4) is 0 Å². The molecule has 0 unspecified atom stereocenters. The number of aliphatic imine (C=N–C) groups is 1. The molecule has 1 aliphatic carbocycles. The Balaban J connectivity index is 0.00000312. The molecular formula is C19H39IN4O. The molecule has 0 aromatic carbocycles. The van der Waals surface area contributed by atoms with Gasteiger partial charge in [-0.15, -0.1) is 24.0 Å². The SMILES string of the molecule is CCNC(=NCC(O)(CC)CC)NC1CCN(C2CCCC2)CC1.I. The maximum atomic E-state index is 10.4. The first kappa shape index (κ1) is 23.0. The quantitative estimate of drug-likeness (QED) is 0.307. The lowest BCUT2D eigenvalue weighted by atomic mass is 9.98. The van der Waals surface area contributed by atoms with Gasteiger partial charge in [0.15, 0.2) is 5.96 Å². The largest absolute Gasteiger partial charge is 0.388 e. The molecule has 1 saturated heterocycles. The summed E-state index contributed by atoms with van der Waals surface area (Å²) in [6.45, 7) is 9.87. The van der Waals surface area contributed by atoms with Gasteiger partial charge in [0.25, 0.3) is 0 Å². The molecule has 25 heavy (non-hydrogen) atoms. The highest BCUT2D eigenvalue weighted by atomic mass is 127. The van der Waals surface area contributed by atoms with Crippen LogP contribution in [-0.2, 0) is 0 Å². The molecule has 0 amide bonds. The zero-order valence-corrected chi connectivity index (χ0v) is 18.7. The highest BCUT2D eigenvalue weighted by Gasteiger charge is 2.27.